The van der Waals surface area contributed by atoms with E-state index in [4.69, 9.17) is 4.98 Å². The van der Waals surface area contributed by atoms with E-state index < -0.39 is 0 Å². The Hall–Kier alpha value is -2.36. The van der Waals surface area contributed by atoms with Gasteiger partial charge in [-0.25, -0.2) is 9.98 Å². The van der Waals surface area contributed by atoms with Crippen LogP contribution >= 0.6 is 0 Å². The van der Waals surface area contributed by atoms with Crippen LogP contribution < -0.4 is 5.32 Å². The number of aliphatic imine (C=N–C) groups is 1. The predicted molar refractivity (Wildman–Crippen MR) is 107 cm³/mol. The van der Waals surface area contributed by atoms with Crippen LogP contribution in [0.1, 0.15) is 45.7 Å². The van der Waals surface area contributed by atoms with Crippen molar-refractivity contribution in [3.05, 3.63) is 41.5 Å². The smallest absolute Gasteiger partial charge is 0.134 e. The van der Waals surface area contributed by atoms with Gasteiger partial charge in [-0.3, -0.25) is 0 Å². The van der Waals surface area contributed by atoms with Crippen LogP contribution in [0.15, 0.2) is 35.3 Å². The van der Waals surface area contributed by atoms with Crippen molar-refractivity contribution < 1.29 is 0 Å². The van der Waals surface area contributed by atoms with Crippen LogP contribution in [0.2, 0.25) is 0 Å². The zero-order valence-corrected chi connectivity index (χ0v) is 16.1. The zero-order chi connectivity index (χ0) is 18.2. The molecule has 2 aromatic rings. The third kappa shape index (κ3) is 3.84. The molecular formula is C21H28N4. The van der Waals surface area contributed by atoms with Gasteiger partial charge in [-0.15, -0.1) is 0 Å². The van der Waals surface area contributed by atoms with E-state index in [1.165, 1.54) is 5.56 Å². The van der Waals surface area contributed by atoms with Crippen molar-refractivity contribution in [1.82, 2.24) is 9.88 Å². The molecule has 0 amide bonds. The molecule has 0 saturated heterocycles. The molecule has 1 N–H and O–H groups in total. The van der Waals surface area contributed by atoms with Gasteiger partial charge in [0.25, 0.3) is 0 Å². The lowest BCUT2D eigenvalue weighted by Gasteiger charge is -2.24. The van der Waals surface area contributed by atoms with Crippen molar-refractivity contribution in [3.63, 3.8) is 0 Å². The molecule has 0 atom stereocenters. The molecule has 1 aromatic carbocycles. The van der Waals surface area contributed by atoms with Crippen molar-refractivity contribution in [2.75, 3.05) is 12.4 Å². The van der Waals surface area contributed by atoms with Crippen molar-refractivity contribution in [2.24, 2.45) is 4.99 Å². The number of aromatic nitrogens is 1. The van der Waals surface area contributed by atoms with Crippen LogP contribution in [0.3, 0.4) is 0 Å². The lowest BCUT2D eigenvalue weighted by Crippen LogP contribution is -2.22. The third-order valence-corrected chi connectivity index (χ3v) is 4.37. The van der Waals surface area contributed by atoms with E-state index in [0.717, 1.165) is 34.9 Å². The highest BCUT2D eigenvalue weighted by Gasteiger charge is 2.19. The third-order valence-electron chi connectivity index (χ3n) is 4.37. The Morgan fingerprint density at radius 2 is 1.80 bits per heavy atom. The van der Waals surface area contributed by atoms with Gasteiger partial charge < -0.3 is 10.2 Å². The molecular weight excluding hydrogens is 308 g/mol. The fourth-order valence-corrected chi connectivity index (χ4v) is 2.96. The number of benzene rings is 1. The summed E-state index contributed by atoms with van der Waals surface area (Å²) in [4.78, 5) is 11.6. The van der Waals surface area contributed by atoms with Crippen molar-refractivity contribution in [2.45, 2.75) is 52.6 Å². The molecule has 0 aliphatic carbocycles. The second-order valence-electron chi connectivity index (χ2n) is 8.14. The highest BCUT2D eigenvalue weighted by Crippen LogP contribution is 2.34. The van der Waals surface area contributed by atoms with Crippen LogP contribution in [0.25, 0.3) is 11.3 Å². The summed E-state index contributed by atoms with van der Waals surface area (Å²) in [6, 6.07) is 11.1. The van der Waals surface area contributed by atoms with E-state index in [9.17, 15) is 0 Å². The molecule has 4 heteroatoms. The SMILES string of the molecule is CC(C)Nc1nc(-c2ccc(C(C)(C)C)cc2)cc2c1CN(C)C=N2. The number of hydrogen-bond donors (Lipinski definition) is 1. The summed E-state index contributed by atoms with van der Waals surface area (Å²) >= 11 is 0. The normalized spacial score (nSPS) is 14.0. The molecule has 0 bridgehead atoms. The Balaban J connectivity index is 2.04. The molecule has 132 valence electrons. The molecule has 25 heavy (non-hydrogen) atoms. The van der Waals surface area contributed by atoms with Crippen molar-refractivity contribution in [1.29, 1.82) is 0 Å². The molecule has 1 aliphatic rings. The number of nitrogens with zero attached hydrogens (tertiary/aromatic N) is 3. The van der Waals surface area contributed by atoms with Crippen LogP contribution in [0.5, 0.6) is 0 Å². The Labute approximate surface area is 151 Å². The molecule has 1 aromatic heterocycles. The zero-order valence-electron chi connectivity index (χ0n) is 16.1. The van der Waals surface area contributed by atoms with E-state index in [1.54, 1.807) is 0 Å². The number of anilines is 1. The number of nitrogens with one attached hydrogen (secondary N) is 1. The van der Waals surface area contributed by atoms with Crippen molar-refractivity contribution in [3.8, 4) is 11.3 Å². The lowest BCUT2D eigenvalue weighted by atomic mass is 9.86. The summed E-state index contributed by atoms with van der Waals surface area (Å²) < 4.78 is 0. The molecule has 0 radical (unpaired) electrons. The predicted octanol–water partition coefficient (Wildman–Crippen LogP) is 4.97. The van der Waals surface area contributed by atoms with Crippen LogP contribution in [0.4, 0.5) is 11.5 Å². The van der Waals surface area contributed by atoms with Gasteiger partial charge >= 0.3 is 0 Å². The second-order valence-corrected chi connectivity index (χ2v) is 8.14. The monoisotopic (exact) mass is 336 g/mol. The van der Waals surface area contributed by atoms with Gasteiger partial charge in [-0.05, 0) is 30.9 Å². The van der Waals surface area contributed by atoms with Crippen LogP contribution in [-0.4, -0.2) is 29.3 Å². The van der Waals surface area contributed by atoms with Gasteiger partial charge in [-0.1, -0.05) is 45.0 Å². The largest absolute Gasteiger partial charge is 0.368 e. The van der Waals surface area contributed by atoms with Gasteiger partial charge in [0, 0.05) is 30.8 Å². The van der Waals surface area contributed by atoms with E-state index in [1.807, 2.05) is 13.4 Å². The highest BCUT2D eigenvalue weighted by molar-refractivity contribution is 5.76. The minimum absolute atomic E-state index is 0.154. The Morgan fingerprint density at radius 3 is 2.40 bits per heavy atom. The summed E-state index contributed by atoms with van der Waals surface area (Å²) in [5, 5.41) is 3.49. The maximum atomic E-state index is 4.91. The summed E-state index contributed by atoms with van der Waals surface area (Å²) in [7, 11) is 2.03. The Kier molecular flexibility index (Phi) is 4.55. The maximum absolute atomic E-state index is 4.91. The number of hydrogen-bond acceptors (Lipinski definition) is 4. The first-order valence-corrected chi connectivity index (χ1v) is 8.90. The van der Waals surface area contributed by atoms with Crippen molar-refractivity contribution >= 4 is 17.8 Å². The van der Waals surface area contributed by atoms with Gasteiger partial charge in [0.05, 0.1) is 17.7 Å². The fraction of sp³-hybridized carbons (Fsp3) is 0.429. The Morgan fingerprint density at radius 1 is 1.12 bits per heavy atom. The average molecular weight is 336 g/mol. The summed E-state index contributed by atoms with van der Waals surface area (Å²) in [5.41, 5.74) is 5.73. The first-order chi connectivity index (χ1) is 11.7. The number of fused-ring (bicyclic) bond motifs is 1. The Bertz CT molecular complexity index is 783. The summed E-state index contributed by atoms with van der Waals surface area (Å²) in [5.74, 6) is 0.936. The first kappa shape index (κ1) is 17.5. The molecule has 0 spiro atoms. The van der Waals surface area contributed by atoms with E-state index >= 15 is 0 Å². The summed E-state index contributed by atoms with van der Waals surface area (Å²) in [6.45, 7) is 11.8. The fourth-order valence-electron chi connectivity index (χ4n) is 2.96. The van der Waals surface area contributed by atoms with Crippen LogP contribution in [-0.2, 0) is 12.0 Å². The highest BCUT2D eigenvalue weighted by atomic mass is 15.2. The lowest BCUT2D eigenvalue weighted by molar-refractivity contribution is 0.508. The quantitative estimate of drug-likeness (QED) is 0.860. The maximum Gasteiger partial charge on any atom is 0.134 e. The van der Waals surface area contributed by atoms with Gasteiger partial charge in [0.2, 0.25) is 0 Å². The standard InChI is InChI=1S/C21H28N4/c1-14(2)23-20-17-12-25(6)13-22-19(17)11-18(24-20)15-7-9-16(10-8-15)21(3,4)5/h7-11,13-14H,12H2,1-6H3,(H,23,24). The van der Waals surface area contributed by atoms with Gasteiger partial charge in [0.1, 0.15) is 5.82 Å². The van der Waals surface area contributed by atoms with Gasteiger partial charge in [-0.2, -0.15) is 0 Å². The first-order valence-electron chi connectivity index (χ1n) is 8.90. The second kappa shape index (κ2) is 6.51. The summed E-state index contributed by atoms with van der Waals surface area (Å²) in [6.07, 6.45) is 1.88. The molecule has 4 nitrogen and oxygen atoms in total. The minimum Gasteiger partial charge on any atom is -0.368 e. The molecule has 0 saturated carbocycles. The number of rotatable bonds is 3. The molecule has 1 aliphatic heterocycles. The number of pyridine rings is 1. The van der Waals surface area contributed by atoms with E-state index in [0.29, 0.717) is 6.04 Å². The van der Waals surface area contributed by atoms with Gasteiger partial charge in [0.15, 0.2) is 0 Å². The molecule has 0 fully saturated rings. The average Bonchev–Trinajstić information content (AvgIpc) is 2.54. The molecule has 0 unspecified atom stereocenters. The molecule has 3 rings (SSSR count). The van der Waals surface area contributed by atoms with E-state index in [-0.39, 0.29) is 5.41 Å². The van der Waals surface area contributed by atoms with Crippen LogP contribution in [0, 0.1) is 0 Å². The molecule has 2 heterocycles. The topological polar surface area (TPSA) is 40.5 Å². The minimum atomic E-state index is 0.154. The van der Waals surface area contributed by atoms with E-state index in [2.05, 4.69) is 80.2 Å².